The van der Waals surface area contributed by atoms with Crippen molar-refractivity contribution >= 4 is 0 Å². The molecule has 0 unspecified atom stereocenters. The van der Waals surface area contributed by atoms with E-state index >= 15 is 0 Å². The summed E-state index contributed by atoms with van der Waals surface area (Å²) in [5.41, 5.74) is -0.420. The smallest absolute Gasteiger partial charge is 0.330 e. The Kier molecular flexibility index (Phi) is 3.88. The van der Waals surface area contributed by atoms with E-state index in [-0.39, 0.29) is 24.3 Å². The Bertz CT molecular complexity index is 563. The number of aliphatic hydroxyl groups is 1. The van der Waals surface area contributed by atoms with Crippen LogP contribution in [0, 0.1) is 6.92 Å². The molecule has 0 bridgehead atoms. The van der Waals surface area contributed by atoms with Crippen LogP contribution in [-0.4, -0.2) is 52.4 Å². The molecule has 0 saturated carbocycles. The maximum atomic E-state index is 11.8. The van der Waals surface area contributed by atoms with Gasteiger partial charge in [-0.1, -0.05) is 0 Å². The number of aryl methyl sites for hydroxylation is 1. The first kappa shape index (κ1) is 14.0. The molecule has 0 radical (unpaired) electrons. The summed E-state index contributed by atoms with van der Waals surface area (Å²) in [5, 5.41) is 9.32. The molecular formula is C12H19N3O4. The predicted molar refractivity (Wildman–Crippen MR) is 69.1 cm³/mol. The van der Waals surface area contributed by atoms with Gasteiger partial charge >= 0.3 is 5.69 Å². The van der Waals surface area contributed by atoms with Crippen LogP contribution in [-0.2, 0) is 4.74 Å². The van der Waals surface area contributed by atoms with Crippen LogP contribution < -0.4 is 11.2 Å². The molecule has 1 aliphatic heterocycles. The second-order valence-corrected chi connectivity index (χ2v) is 5.06. The van der Waals surface area contributed by atoms with Crippen molar-refractivity contribution in [2.75, 3.05) is 20.7 Å². The van der Waals surface area contributed by atoms with E-state index in [2.05, 4.69) is 4.98 Å². The molecule has 106 valence electrons. The molecule has 0 aromatic carbocycles. The minimum Gasteiger partial charge on any atom is -0.394 e. The van der Waals surface area contributed by atoms with Crippen LogP contribution in [0.2, 0.25) is 0 Å². The van der Waals surface area contributed by atoms with Crippen molar-refractivity contribution in [3.8, 4) is 0 Å². The molecule has 1 aromatic heterocycles. The highest BCUT2D eigenvalue weighted by Crippen LogP contribution is 2.29. The van der Waals surface area contributed by atoms with E-state index < -0.39 is 11.9 Å². The number of aromatic nitrogens is 2. The zero-order valence-electron chi connectivity index (χ0n) is 11.3. The van der Waals surface area contributed by atoms with Crippen molar-refractivity contribution in [1.29, 1.82) is 0 Å². The number of rotatable bonds is 3. The Balaban J connectivity index is 2.32. The number of hydrogen-bond donors (Lipinski definition) is 2. The molecule has 0 spiro atoms. The predicted octanol–water partition coefficient (Wildman–Crippen LogP) is -0.945. The molecule has 1 fully saturated rings. The van der Waals surface area contributed by atoms with E-state index in [9.17, 15) is 14.7 Å². The number of aliphatic hydroxyl groups excluding tert-OH is 1. The van der Waals surface area contributed by atoms with E-state index in [0.29, 0.717) is 12.0 Å². The molecule has 1 aromatic rings. The molecule has 0 aliphatic carbocycles. The third-order valence-electron chi connectivity index (χ3n) is 3.50. The first-order valence-electron chi connectivity index (χ1n) is 6.19. The van der Waals surface area contributed by atoms with Crippen molar-refractivity contribution in [1.82, 2.24) is 14.5 Å². The van der Waals surface area contributed by atoms with Crippen molar-refractivity contribution in [2.24, 2.45) is 0 Å². The third-order valence-corrected chi connectivity index (χ3v) is 3.50. The molecule has 1 aliphatic rings. The SMILES string of the molecule is Cc1cn([C@@H]2C[C@@H](N(C)C)[C@@H](CO)O2)c(=O)[nH]c1=O. The number of hydrogen-bond acceptors (Lipinski definition) is 5. The van der Waals surface area contributed by atoms with Gasteiger partial charge in [0.1, 0.15) is 6.23 Å². The van der Waals surface area contributed by atoms with Crippen molar-refractivity contribution < 1.29 is 9.84 Å². The summed E-state index contributed by atoms with van der Waals surface area (Å²) in [7, 11) is 3.81. The van der Waals surface area contributed by atoms with Crippen LogP contribution in [0.15, 0.2) is 15.8 Å². The lowest BCUT2D eigenvalue weighted by Gasteiger charge is -2.22. The summed E-state index contributed by atoms with van der Waals surface area (Å²) in [6.07, 6.45) is 1.29. The summed E-state index contributed by atoms with van der Waals surface area (Å²) >= 11 is 0. The first-order chi connectivity index (χ1) is 8.93. The molecule has 2 N–H and O–H groups in total. The van der Waals surface area contributed by atoms with Crippen LogP contribution in [0.25, 0.3) is 0 Å². The fourth-order valence-electron chi connectivity index (χ4n) is 2.39. The van der Waals surface area contributed by atoms with Gasteiger partial charge in [0.25, 0.3) is 5.56 Å². The van der Waals surface area contributed by atoms with Gasteiger partial charge in [0.05, 0.1) is 12.7 Å². The molecule has 7 heteroatoms. The lowest BCUT2D eigenvalue weighted by atomic mass is 10.1. The normalized spacial score (nSPS) is 27.1. The third kappa shape index (κ3) is 2.63. The van der Waals surface area contributed by atoms with Gasteiger partial charge in [0.2, 0.25) is 0 Å². The molecular weight excluding hydrogens is 250 g/mol. The Hall–Kier alpha value is -1.44. The molecule has 7 nitrogen and oxygen atoms in total. The van der Waals surface area contributed by atoms with Gasteiger partial charge in [-0.25, -0.2) is 4.79 Å². The number of H-pyrrole nitrogens is 1. The second kappa shape index (κ2) is 5.28. The standard InChI is InChI=1S/C12H19N3O4/c1-7-5-15(12(18)13-11(7)17)10-4-8(14(2)3)9(6-16)19-10/h5,8-10,16H,4,6H2,1-3H3,(H,13,17,18)/t8-,9-,10+/m1/s1. The van der Waals surface area contributed by atoms with Crippen LogP contribution in [0.5, 0.6) is 0 Å². The van der Waals surface area contributed by atoms with E-state index in [0.717, 1.165) is 0 Å². The van der Waals surface area contributed by atoms with E-state index in [1.165, 1.54) is 10.8 Å². The van der Waals surface area contributed by atoms with Gasteiger partial charge in [0.15, 0.2) is 0 Å². The topological polar surface area (TPSA) is 87.6 Å². The number of aromatic amines is 1. The highest BCUT2D eigenvalue weighted by Gasteiger charge is 2.37. The molecule has 19 heavy (non-hydrogen) atoms. The largest absolute Gasteiger partial charge is 0.394 e. The minimum absolute atomic E-state index is 0.0362. The lowest BCUT2D eigenvalue weighted by molar-refractivity contribution is -0.0353. The average molecular weight is 269 g/mol. The summed E-state index contributed by atoms with van der Waals surface area (Å²) in [5.74, 6) is 0. The molecule has 2 rings (SSSR count). The van der Waals surface area contributed by atoms with E-state index in [1.807, 2.05) is 19.0 Å². The van der Waals surface area contributed by atoms with Gasteiger partial charge in [-0.3, -0.25) is 14.3 Å². The van der Waals surface area contributed by atoms with Gasteiger partial charge in [-0.05, 0) is 21.0 Å². The van der Waals surface area contributed by atoms with E-state index in [1.54, 1.807) is 6.92 Å². The van der Waals surface area contributed by atoms with Crippen molar-refractivity contribution in [3.63, 3.8) is 0 Å². The van der Waals surface area contributed by atoms with Gasteiger partial charge in [-0.15, -0.1) is 0 Å². The monoisotopic (exact) mass is 269 g/mol. The highest BCUT2D eigenvalue weighted by molar-refractivity contribution is 5.02. The van der Waals surface area contributed by atoms with Crippen LogP contribution in [0.4, 0.5) is 0 Å². The second-order valence-electron chi connectivity index (χ2n) is 5.06. The Morgan fingerprint density at radius 3 is 2.74 bits per heavy atom. The number of nitrogens with zero attached hydrogens (tertiary/aromatic N) is 2. The number of likely N-dealkylation sites (N-methyl/N-ethyl adjacent to an activating group) is 1. The summed E-state index contributed by atoms with van der Waals surface area (Å²) in [6.45, 7) is 1.53. The first-order valence-corrected chi connectivity index (χ1v) is 6.19. The number of nitrogens with one attached hydrogen (secondary N) is 1. The molecule has 0 amide bonds. The molecule has 1 saturated heterocycles. The molecule has 3 atom stereocenters. The quantitative estimate of drug-likeness (QED) is 0.739. The minimum atomic E-state index is -0.489. The highest BCUT2D eigenvalue weighted by atomic mass is 16.5. The van der Waals surface area contributed by atoms with Crippen LogP contribution >= 0.6 is 0 Å². The molecule has 2 heterocycles. The van der Waals surface area contributed by atoms with Crippen molar-refractivity contribution in [3.05, 3.63) is 32.6 Å². The summed E-state index contributed by atoms with van der Waals surface area (Å²) in [4.78, 5) is 27.4. The van der Waals surface area contributed by atoms with Gasteiger partial charge < -0.3 is 14.7 Å². The van der Waals surface area contributed by atoms with Crippen LogP contribution in [0.3, 0.4) is 0 Å². The fraction of sp³-hybridized carbons (Fsp3) is 0.667. The average Bonchev–Trinajstić information content (AvgIpc) is 2.77. The summed E-state index contributed by atoms with van der Waals surface area (Å²) in [6, 6.07) is 0.0362. The Morgan fingerprint density at radius 2 is 2.21 bits per heavy atom. The number of ether oxygens (including phenoxy) is 1. The fourth-order valence-corrected chi connectivity index (χ4v) is 2.39. The zero-order chi connectivity index (χ0) is 14.2. The van der Waals surface area contributed by atoms with E-state index in [4.69, 9.17) is 4.74 Å². The van der Waals surface area contributed by atoms with Gasteiger partial charge in [0, 0.05) is 24.2 Å². The zero-order valence-corrected chi connectivity index (χ0v) is 11.3. The maximum Gasteiger partial charge on any atom is 0.330 e. The maximum absolute atomic E-state index is 11.8. The van der Waals surface area contributed by atoms with Crippen LogP contribution in [0.1, 0.15) is 18.2 Å². The lowest BCUT2D eigenvalue weighted by Crippen LogP contribution is -2.37. The Labute approximate surface area is 110 Å². The van der Waals surface area contributed by atoms with Crippen molar-refractivity contribution in [2.45, 2.75) is 31.7 Å². The Morgan fingerprint density at radius 1 is 1.53 bits per heavy atom. The van der Waals surface area contributed by atoms with Gasteiger partial charge in [-0.2, -0.15) is 0 Å². The summed E-state index contributed by atoms with van der Waals surface area (Å²) < 4.78 is 7.07.